The SMILES string of the molecule is [2H]C([2H])(Oc1c2cc(C)cc1-c1cc(C)cc(c1)COCCN(CCCCCCCCCCCCCCCCCC)CCOCc1cc(C)cc-2c1)C(=O)O. The van der Waals surface area contributed by atoms with Crippen molar-refractivity contribution in [2.75, 3.05) is 39.4 Å². The van der Waals surface area contributed by atoms with Gasteiger partial charge in [-0.2, -0.15) is 0 Å². The van der Waals surface area contributed by atoms with E-state index in [1.54, 1.807) is 0 Å². The molecular weight excluding hydrogens is 659 g/mol. The lowest BCUT2D eigenvalue weighted by atomic mass is 9.92. The van der Waals surface area contributed by atoms with Gasteiger partial charge in [-0.1, -0.05) is 139 Å². The first-order valence-electron chi connectivity index (χ1n) is 21.7. The summed E-state index contributed by atoms with van der Waals surface area (Å²) in [6.07, 6.45) is 21.9. The van der Waals surface area contributed by atoms with Gasteiger partial charge >= 0.3 is 5.97 Å². The molecule has 4 rings (SSSR count). The average molecular weight is 730 g/mol. The van der Waals surface area contributed by atoms with Crippen molar-refractivity contribution in [2.45, 2.75) is 144 Å². The maximum Gasteiger partial charge on any atom is 0.341 e. The molecule has 3 aromatic rings. The van der Waals surface area contributed by atoms with Gasteiger partial charge in [0, 0.05) is 24.2 Å². The Morgan fingerprint density at radius 1 is 0.642 bits per heavy atom. The van der Waals surface area contributed by atoms with Gasteiger partial charge < -0.3 is 19.3 Å². The molecule has 1 heterocycles. The number of nitrogens with zero attached hydrogens (tertiary/aromatic N) is 1. The third kappa shape index (κ3) is 16.0. The minimum atomic E-state index is -2.93. The molecule has 0 saturated carbocycles. The summed E-state index contributed by atoms with van der Waals surface area (Å²) in [5.41, 5.74) is 7.91. The Kier molecular flexibility index (Phi) is 18.1. The second-order valence-electron chi connectivity index (χ2n) is 15.4. The van der Waals surface area contributed by atoms with E-state index in [9.17, 15) is 9.90 Å². The Labute approximate surface area is 324 Å². The van der Waals surface area contributed by atoms with E-state index in [-0.39, 0.29) is 5.75 Å². The molecule has 0 fully saturated rings. The molecule has 0 saturated heterocycles. The van der Waals surface area contributed by atoms with Crippen molar-refractivity contribution in [1.82, 2.24) is 4.90 Å². The number of benzene rings is 3. The predicted octanol–water partition coefficient (Wildman–Crippen LogP) is 12.0. The fraction of sp³-hybridized carbons (Fsp3) is 0.596. The van der Waals surface area contributed by atoms with Crippen molar-refractivity contribution in [2.24, 2.45) is 0 Å². The summed E-state index contributed by atoms with van der Waals surface area (Å²) >= 11 is 0. The number of carbonyl (C=O) groups is 1. The number of carboxylic acids is 1. The summed E-state index contributed by atoms with van der Waals surface area (Å²) in [5.74, 6) is -1.49. The second-order valence-corrected chi connectivity index (χ2v) is 15.4. The molecule has 0 spiro atoms. The van der Waals surface area contributed by atoms with Crippen molar-refractivity contribution in [1.29, 1.82) is 0 Å². The number of ether oxygens (including phenoxy) is 3. The van der Waals surface area contributed by atoms with E-state index in [1.165, 1.54) is 103 Å². The number of hydrogen-bond donors (Lipinski definition) is 1. The van der Waals surface area contributed by atoms with Crippen LogP contribution in [0.2, 0.25) is 0 Å². The Morgan fingerprint density at radius 2 is 1.06 bits per heavy atom. The van der Waals surface area contributed by atoms with Crippen LogP contribution in [-0.4, -0.2) is 55.4 Å². The zero-order chi connectivity index (χ0) is 39.5. The summed E-state index contributed by atoms with van der Waals surface area (Å²) in [4.78, 5) is 14.4. The van der Waals surface area contributed by atoms with Gasteiger partial charge in [0.15, 0.2) is 6.56 Å². The fourth-order valence-electron chi connectivity index (χ4n) is 7.60. The second kappa shape index (κ2) is 24.3. The van der Waals surface area contributed by atoms with E-state index >= 15 is 0 Å². The lowest BCUT2D eigenvalue weighted by Gasteiger charge is -2.23. The largest absolute Gasteiger partial charge is 0.481 e. The number of aliphatic carboxylic acids is 1. The highest BCUT2D eigenvalue weighted by Crippen LogP contribution is 2.41. The molecule has 0 aromatic heterocycles. The third-order valence-corrected chi connectivity index (χ3v) is 10.3. The van der Waals surface area contributed by atoms with Gasteiger partial charge in [-0.05, 0) is 85.8 Å². The molecule has 53 heavy (non-hydrogen) atoms. The van der Waals surface area contributed by atoms with Crippen molar-refractivity contribution in [3.63, 3.8) is 0 Å². The van der Waals surface area contributed by atoms with E-state index in [2.05, 4.69) is 24.0 Å². The molecule has 3 aromatic carbocycles. The lowest BCUT2D eigenvalue weighted by molar-refractivity contribution is -0.139. The zero-order valence-corrected chi connectivity index (χ0v) is 33.4. The van der Waals surface area contributed by atoms with Crippen LogP contribution in [0.25, 0.3) is 22.3 Å². The van der Waals surface area contributed by atoms with Gasteiger partial charge in [-0.15, -0.1) is 0 Å². The number of fused-ring (bicyclic) bond motifs is 8. The predicted molar refractivity (Wildman–Crippen MR) is 220 cm³/mol. The number of rotatable bonds is 20. The highest BCUT2D eigenvalue weighted by atomic mass is 16.5. The summed E-state index contributed by atoms with van der Waals surface area (Å²) in [6, 6.07) is 16.2. The standard InChI is InChI=1S/C47H69NO5/c1-5-6-7-8-9-10-11-12-13-14-15-16-17-18-19-20-21-48-22-24-51-34-40-26-37(2)28-42(32-40)44-30-39(4)31-45(47(44)53-36-46(49)50)43-29-38(3)27-41(33-43)35-52-25-23-48/h26-33H,5-25,34-36H2,1-4H3,(H,49,50)/i36D2. The van der Waals surface area contributed by atoms with Crippen LogP contribution < -0.4 is 4.74 Å². The first-order valence-corrected chi connectivity index (χ1v) is 20.7. The first-order chi connectivity index (χ1) is 26.6. The van der Waals surface area contributed by atoms with Crippen molar-refractivity contribution >= 4 is 5.97 Å². The van der Waals surface area contributed by atoms with Crippen molar-refractivity contribution in [3.05, 3.63) is 76.3 Å². The van der Waals surface area contributed by atoms with Gasteiger partial charge in [0.2, 0.25) is 0 Å². The number of aryl methyl sites for hydroxylation is 3. The Bertz CT molecular complexity index is 1530. The van der Waals surface area contributed by atoms with Crippen LogP contribution in [0.15, 0.2) is 48.5 Å². The normalized spacial score (nSPS) is 14.9. The third-order valence-electron chi connectivity index (χ3n) is 10.3. The highest BCUT2D eigenvalue weighted by molar-refractivity contribution is 5.84. The van der Waals surface area contributed by atoms with Gasteiger partial charge in [0.25, 0.3) is 0 Å². The molecule has 0 atom stereocenters. The van der Waals surface area contributed by atoms with Crippen LogP contribution in [-0.2, 0) is 27.5 Å². The molecule has 0 unspecified atom stereocenters. The van der Waals surface area contributed by atoms with E-state index < -0.39 is 12.5 Å². The molecule has 0 radical (unpaired) electrons. The van der Waals surface area contributed by atoms with E-state index in [0.717, 1.165) is 58.6 Å². The minimum Gasteiger partial charge on any atom is -0.481 e. The molecular formula is C47H69NO5. The molecule has 1 aliphatic heterocycles. The number of hydrogen-bond acceptors (Lipinski definition) is 5. The quantitative estimate of drug-likeness (QED) is 0.117. The van der Waals surface area contributed by atoms with Crippen LogP contribution in [0.3, 0.4) is 0 Å². The molecule has 6 nitrogen and oxygen atoms in total. The molecule has 6 bridgehead atoms. The maximum atomic E-state index is 11.9. The van der Waals surface area contributed by atoms with Gasteiger partial charge in [-0.25, -0.2) is 4.79 Å². The minimum absolute atomic E-state index is 0.193. The summed E-state index contributed by atoms with van der Waals surface area (Å²) in [7, 11) is 0. The number of carboxylic acid groups (broad SMARTS) is 1. The van der Waals surface area contributed by atoms with Crippen LogP contribution >= 0.6 is 0 Å². The monoisotopic (exact) mass is 730 g/mol. The average Bonchev–Trinajstić information content (AvgIpc) is 3.14. The zero-order valence-electron chi connectivity index (χ0n) is 35.4. The van der Waals surface area contributed by atoms with Gasteiger partial charge in [0.1, 0.15) is 5.75 Å². The topological polar surface area (TPSA) is 68.2 Å². The molecule has 0 aliphatic carbocycles. The van der Waals surface area contributed by atoms with Gasteiger partial charge in [-0.3, -0.25) is 4.90 Å². The lowest BCUT2D eigenvalue weighted by Crippen LogP contribution is -2.32. The van der Waals surface area contributed by atoms with Gasteiger partial charge in [0.05, 0.1) is 29.2 Å². The van der Waals surface area contributed by atoms with Crippen LogP contribution in [0.4, 0.5) is 0 Å². The summed E-state index contributed by atoms with van der Waals surface area (Å²) < 4.78 is 34.8. The first kappa shape index (κ1) is 39.5. The molecule has 292 valence electrons. The molecule has 1 aliphatic rings. The Morgan fingerprint density at radius 3 is 1.49 bits per heavy atom. The van der Waals surface area contributed by atoms with E-state index in [1.807, 2.05) is 57.2 Å². The maximum absolute atomic E-state index is 11.9. The van der Waals surface area contributed by atoms with E-state index in [0.29, 0.717) is 37.6 Å². The fourth-order valence-corrected chi connectivity index (χ4v) is 7.60. The summed E-state index contributed by atoms with van der Waals surface area (Å²) in [6.45, 7) is 10.2. The Hall–Kier alpha value is -3.19. The number of unbranched alkanes of at least 4 members (excludes halogenated alkanes) is 15. The smallest absolute Gasteiger partial charge is 0.341 e. The molecule has 0 amide bonds. The van der Waals surface area contributed by atoms with E-state index in [4.69, 9.17) is 17.0 Å². The molecule has 1 N–H and O–H groups in total. The van der Waals surface area contributed by atoms with Crippen molar-refractivity contribution < 1.29 is 26.9 Å². The summed E-state index contributed by atoms with van der Waals surface area (Å²) in [5, 5.41) is 9.72. The van der Waals surface area contributed by atoms with Crippen LogP contribution in [0, 0.1) is 20.8 Å². The Balaban J connectivity index is 1.36. The van der Waals surface area contributed by atoms with Crippen molar-refractivity contribution in [3.8, 4) is 28.0 Å². The van der Waals surface area contributed by atoms with Crippen LogP contribution in [0.1, 0.15) is 140 Å². The highest BCUT2D eigenvalue weighted by Gasteiger charge is 2.18. The van der Waals surface area contributed by atoms with Crippen LogP contribution in [0.5, 0.6) is 5.75 Å². The molecule has 6 heteroatoms.